The van der Waals surface area contributed by atoms with Crippen LogP contribution in [0.5, 0.6) is 0 Å². The van der Waals surface area contributed by atoms with Gasteiger partial charge in [-0.05, 0) is 31.9 Å². The highest BCUT2D eigenvalue weighted by Gasteiger charge is 2.58. The van der Waals surface area contributed by atoms with Crippen LogP contribution in [0.1, 0.15) is 32.6 Å². The molecular formula is C21H24ClF2N5O2. The number of carbonyl (C=O) groups is 2. The predicted molar refractivity (Wildman–Crippen MR) is 111 cm³/mol. The lowest BCUT2D eigenvalue weighted by molar-refractivity contribution is -0.149. The number of nitrogens with zero attached hydrogens (tertiary/aromatic N) is 5. The summed E-state index contributed by atoms with van der Waals surface area (Å²) in [7, 11) is 0. The lowest BCUT2D eigenvalue weighted by atomic mass is 9.92. The molecule has 2 amide bonds. The first-order chi connectivity index (χ1) is 14.8. The average molecular weight is 452 g/mol. The zero-order chi connectivity index (χ0) is 22.2. The Hall–Kier alpha value is -2.55. The Morgan fingerprint density at radius 1 is 1.42 bits per heavy atom. The molecule has 1 saturated carbocycles. The fourth-order valence-electron chi connectivity index (χ4n) is 3.95. The number of amides is 2. The van der Waals surface area contributed by atoms with Crippen LogP contribution in [0.3, 0.4) is 0 Å². The van der Waals surface area contributed by atoms with Gasteiger partial charge in [0.1, 0.15) is 5.69 Å². The number of anilines is 1. The third-order valence-corrected chi connectivity index (χ3v) is 6.18. The highest BCUT2D eigenvalue weighted by atomic mass is 35.5. The Labute approximate surface area is 184 Å². The van der Waals surface area contributed by atoms with Crippen molar-refractivity contribution >= 4 is 29.1 Å². The van der Waals surface area contributed by atoms with Gasteiger partial charge in [-0.25, -0.2) is 13.5 Å². The molecule has 2 atom stereocenters. The lowest BCUT2D eigenvalue weighted by Crippen LogP contribution is -2.53. The second kappa shape index (κ2) is 8.53. The topological polar surface area (TPSA) is 71.3 Å². The van der Waals surface area contributed by atoms with Gasteiger partial charge in [0, 0.05) is 44.6 Å². The first-order valence-corrected chi connectivity index (χ1v) is 10.8. The summed E-state index contributed by atoms with van der Waals surface area (Å²) in [5.74, 6) is -3.64. The van der Waals surface area contributed by atoms with E-state index in [9.17, 15) is 18.4 Å². The molecule has 2 fully saturated rings. The number of halogens is 3. The number of carbonyl (C=O) groups excluding carboxylic acids is 2. The first kappa shape index (κ1) is 21.7. The molecule has 2 aliphatic rings. The molecule has 0 bridgehead atoms. The zero-order valence-electron chi connectivity index (χ0n) is 17.2. The van der Waals surface area contributed by atoms with Crippen molar-refractivity contribution < 1.29 is 18.4 Å². The van der Waals surface area contributed by atoms with Crippen LogP contribution in [0.15, 0.2) is 30.7 Å². The van der Waals surface area contributed by atoms with E-state index in [-0.39, 0.29) is 42.3 Å². The van der Waals surface area contributed by atoms with Crippen LogP contribution in [0.4, 0.5) is 14.5 Å². The molecule has 1 aliphatic heterocycles. The van der Waals surface area contributed by atoms with Crippen molar-refractivity contribution in [3.05, 3.63) is 35.9 Å². The maximum Gasteiger partial charge on any atom is 0.253 e. The number of rotatable bonds is 9. The fraction of sp³-hybridized carbons (Fsp3) is 0.524. The van der Waals surface area contributed by atoms with Gasteiger partial charge in [0.15, 0.2) is 5.15 Å². The SMILES string of the molecule is CCN(C(=O)CCCC1CN(CC2CC2(F)F)C1=O)c1cn(-c2cccnc2)nc1Cl. The molecule has 0 radical (unpaired) electrons. The van der Waals surface area contributed by atoms with Crippen molar-refractivity contribution in [2.75, 3.05) is 24.5 Å². The van der Waals surface area contributed by atoms with Crippen LogP contribution in [-0.2, 0) is 9.59 Å². The standard InChI is InChI=1S/C21H24ClF2N5O2/c1-2-28(17-13-29(26-19(17)22)16-6-4-8-25-10-16)18(30)7-3-5-14-11-27(20(14)31)12-15-9-21(15,23)24/h4,6,8,10,13-15H,2-3,5,7,9,11-12H2,1H3. The molecule has 3 heterocycles. The number of aromatic nitrogens is 3. The van der Waals surface area contributed by atoms with Gasteiger partial charge in [-0.3, -0.25) is 14.6 Å². The van der Waals surface area contributed by atoms with E-state index in [1.807, 2.05) is 13.0 Å². The molecule has 2 aromatic rings. The quantitative estimate of drug-likeness (QED) is 0.546. The molecule has 31 heavy (non-hydrogen) atoms. The van der Waals surface area contributed by atoms with Crippen LogP contribution in [-0.4, -0.2) is 57.0 Å². The van der Waals surface area contributed by atoms with Gasteiger partial charge in [-0.15, -0.1) is 0 Å². The van der Waals surface area contributed by atoms with Crippen molar-refractivity contribution in [1.82, 2.24) is 19.7 Å². The van der Waals surface area contributed by atoms with Gasteiger partial charge in [-0.2, -0.15) is 5.10 Å². The second-order valence-corrected chi connectivity index (χ2v) is 8.45. The molecule has 0 spiro atoms. The molecule has 7 nitrogen and oxygen atoms in total. The second-order valence-electron chi connectivity index (χ2n) is 8.09. The highest BCUT2D eigenvalue weighted by molar-refractivity contribution is 6.32. The number of β-lactam (4-membered cyclic amide) rings is 1. The van der Waals surface area contributed by atoms with Crippen molar-refractivity contribution in [3.63, 3.8) is 0 Å². The van der Waals surface area contributed by atoms with Gasteiger partial charge >= 0.3 is 0 Å². The normalized spacial score (nSPS) is 21.7. The number of hydrogen-bond acceptors (Lipinski definition) is 4. The van der Waals surface area contributed by atoms with E-state index >= 15 is 0 Å². The van der Waals surface area contributed by atoms with Crippen LogP contribution in [0.2, 0.25) is 5.15 Å². The zero-order valence-corrected chi connectivity index (χ0v) is 17.9. The van der Waals surface area contributed by atoms with E-state index < -0.39 is 11.8 Å². The van der Waals surface area contributed by atoms with Crippen molar-refractivity contribution in [1.29, 1.82) is 0 Å². The van der Waals surface area contributed by atoms with Gasteiger partial charge in [0.05, 0.1) is 24.0 Å². The monoisotopic (exact) mass is 451 g/mol. The lowest BCUT2D eigenvalue weighted by Gasteiger charge is -2.38. The molecule has 2 aromatic heterocycles. The number of pyridine rings is 1. The Bertz CT molecular complexity index is 968. The Balaban J connectivity index is 1.27. The highest BCUT2D eigenvalue weighted by Crippen LogP contribution is 2.49. The summed E-state index contributed by atoms with van der Waals surface area (Å²) in [4.78, 5) is 32.1. The summed E-state index contributed by atoms with van der Waals surface area (Å²) >= 11 is 6.28. The van der Waals surface area contributed by atoms with Crippen LogP contribution >= 0.6 is 11.6 Å². The smallest absolute Gasteiger partial charge is 0.253 e. The van der Waals surface area contributed by atoms with E-state index in [4.69, 9.17) is 11.6 Å². The minimum atomic E-state index is -2.60. The van der Waals surface area contributed by atoms with E-state index in [0.29, 0.717) is 31.6 Å². The summed E-state index contributed by atoms with van der Waals surface area (Å²) < 4.78 is 27.6. The van der Waals surface area contributed by atoms with E-state index in [2.05, 4.69) is 10.1 Å². The third-order valence-electron chi connectivity index (χ3n) is 5.91. The average Bonchev–Trinajstić information content (AvgIpc) is 3.18. The van der Waals surface area contributed by atoms with Gasteiger partial charge in [-0.1, -0.05) is 11.6 Å². The van der Waals surface area contributed by atoms with Crippen LogP contribution < -0.4 is 4.90 Å². The molecule has 10 heteroatoms. The Morgan fingerprint density at radius 2 is 2.19 bits per heavy atom. The molecule has 2 unspecified atom stereocenters. The van der Waals surface area contributed by atoms with Gasteiger partial charge < -0.3 is 9.80 Å². The molecule has 0 N–H and O–H groups in total. The van der Waals surface area contributed by atoms with Crippen molar-refractivity contribution in [2.24, 2.45) is 11.8 Å². The molecular weight excluding hydrogens is 428 g/mol. The van der Waals surface area contributed by atoms with E-state index in [1.54, 1.807) is 34.2 Å². The number of alkyl halides is 2. The van der Waals surface area contributed by atoms with Crippen molar-refractivity contribution in [3.8, 4) is 5.69 Å². The molecule has 0 aromatic carbocycles. The minimum Gasteiger partial charge on any atom is -0.341 e. The summed E-state index contributed by atoms with van der Waals surface area (Å²) in [5.41, 5.74) is 1.26. The summed E-state index contributed by atoms with van der Waals surface area (Å²) in [6.45, 7) is 2.94. The Kier molecular flexibility index (Phi) is 5.96. The van der Waals surface area contributed by atoms with Gasteiger partial charge in [0.25, 0.3) is 5.92 Å². The maximum atomic E-state index is 13.0. The van der Waals surface area contributed by atoms with Gasteiger partial charge in [0.2, 0.25) is 11.8 Å². The van der Waals surface area contributed by atoms with Crippen molar-refractivity contribution in [2.45, 2.75) is 38.5 Å². The maximum absolute atomic E-state index is 13.0. The molecule has 166 valence electrons. The molecule has 1 saturated heterocycles. The summed E-state index contributed by atoms with van der Waals surface area (Å²) in [5, 5.41) is 4.49. The Morgan fingerprint density at radius 3 is 2.81 bits per heavy atom. The predicted octanol–water partition coefficient (Wildman–Crippen LogP) is 3.56. The fourth-order valence-corrected chi connectivity index (χ4v) is 4.19. The van der Waals surface area contributed by atoms with E-state index in [1.165, 1.54) is 4.90 Å². The molecule has 4 rings (SSSR count). The third kappa shape index (κ3) is 4.56. The van der Waals surface area contributed by atoms with Crippen LogP contribution in [0, 0.1) is 11.8 Å². The summed E-state index contributed by atoms with van der Waals surface area (Å²) in [6, 6.07) is 3.62. The minimum absolute atomic E-state index is 0.0803. The molecule has 1 aliphatic carbocycles. The first-order valence-electron chi connectivity index (χ1n) is 10.4. The van der Waals surface area contributed by atoms with E-state index in [0.717, 1.165) is 5.69 Å². The summed E-state index contributed by atoms with van der Waals surface area (Å²) in [6.07, 6.45) is 6.27. The number of likely N-dealkylation sites (tertiary alicyclic amines) is 1. The van der Waals surface area contributed by atoms with Crippen LogP contribution in [0.25, 0.3) is 5.69 Å². The number of hydrogen-bond donors (Lipinski definition) is 0. The largest absolute Gasteiger partial charge is 0.341 e.